The Labute approximate surface area is 183 Å². The average Bonchev–Trinajstić information content (AvgIpc) is 2.78. The number of carbonyl (C=O) groups excluding carboxylic acids is 2. The Morgan fingerprint density at radius 2 is 2.10 bits per heavy atom. The molecule has 6 nitrogen and oxygen atoms in total. The Bertz CT molecular complexity index is 716. The summed E-state index contributed by atoms with van der Waals surface area (Å²) >= 11 is 6.25. The molecule has 0 bridgehead atoms. The molecule has 7 heteroatoms. The second kappa shape index (κ2) is 13.3. The van der Waals surface area contributed by atoms with Crippen molar-refractivity contribution >= 4 is 30.1 Å². The van der Waals surface area contributed by atoms with Crippen molar-refractivity contribution in [3.05, 3.63) is 34.4 Å². The van der Waals surface area contributed by atoms with Gasteiger partial charge < -0.3 is 19.5 Å². The summed E-state index contributed by atoms with van der Waals surface area (Å²) < 4.78 is 14.9. The fourth-order valence-electron chi connectivity index (χ4n) is 3.79. The van der Waals surface area contributed by atoms with Crippen LogP contribution in [0.15, 0.2) is 23.8 Å². The minimum atomic E-state index is -0.262. The zero-order chi connectivity index (χ0) is 21.8. The van der Waals surface area contributed by atoms with E-state index in [0.29, 0.717) is 37.2 Å². The molecule has 0 aromatic heterocycles. The van der Waals surface area contributed by atoms with Gasteiger partial charge >= 0.3 is 5.97 Å². The van der Waals surface area contributed by atoms with Crippen LogP contribution in [-0.4, -0.2) is 45.4 Å². The van der Waals surface area contributed by atoms with E-state index in [9.17, 15) is 9.59 Å². The molecular formula is C23H32ClNO5. The lowest BCUT2D eigenvalue weighted by atomic mass is 9.85. The molecular weight excluding hydrogens is 406 g/mol. The highest BCUT2D eigenvalue weighted by atomic mass is 35.5. The lowest BCUT2D eigenvalue weighted by Gasteiger charge is -2.26. The summed E-state index contributed by atoms with van der Waals surface area (Å²) in [6, 6.07) is 5.40. The number of carbonyl (C=O) groups is 2. The van der Waals surface area contributed by atoms with Crippen LogP contribution in [0.5, 0.6) is 5.75 Å². The smallest absolute Gasteiger partial charge is 0.322 e. The fourth-order valence-corrected chi connectivity index (χ4v) is 4.01. The van der Waals surface area contributed by atoms with Crippen LogP contribution in [0.1, 0.15) is 51.0 Å². The topological polar surface area (TPSA) is 73.9 Å². The molecule has 1 saturated carbocycles. The maximum atomic E-state index is 12.2. The fraction of sp³-hybridized carbons (Fsp3) is 0.565. The van der Waals surface area contributed by atoms with Gasteiger partial charge in [-0.05, 0) is 43.0 Å². The lowest BCUT2D eigenvalue weighted by molar-refractivity contribution is -0.143. The van der Waals surface area contributed by atoms with Gasteiger partial charge in [0.15, 0.2) is 0 Å². The zero-order valence-corrected chi connectivity index (χ0v) is 18.6. The SMILES string of the molecule is CCOC=O.COC(=O)C(CC1CCCCC1)NCC1=Cc2c(Cl)cccc2OC1. The number of hydrogen-bond acceptors (Lipinski definition) is 6. The van der Waals surface area contributed by atoms with Crippen LogP contribution in [0.25, 0.3) is 6.08 Å². The van der Waals surface area contributed by atoms with Gasteiger partial charge in [0.1, 0.15) is 18.4 Å². The minimum absolute atomic E-state index is 0.179. The van der Waals surface area contributed by atoms with Crippen molar-refractivity contribution in [2.45, 2.75) is 51.5 Å². The van der Waals surface area contributed by atoms with Crippen molar-refractivity contribution in [1.29, 1.82) is 0 Å². The Balaban J connectivity index is 0.000000575. The maximum absolute atomic E-state index is 12.2. The predicted octanol–water partition coefficient (Wildman–Crippen LogP) is 4.40. The van der Waals surface area contributed by atoms with Crippen LogP contribution in [0.3, 0.4) is 0 Å². The van der Waals surface area contributed by atoms with Crippen molar-refractivity contribution in [3.8, 4) is 5.75 Å². The van der Waals surface area contributed by atoms with E-state index in [1.54, 1.807) is 6.92 Å². The van der Waals surface area contributed by atoms with E-state index in [-0.39, 0.29) is 12.0 Å². The molecule has 1 atom stereocenters. The Hall–Kier alpha value is -2.05. The first-order valence-corrected chi connectivity index (χ1v) is 10.9. The second-order valence-corrected chi connectivity index (χ2v) is 7.90. The highest BCUT2D eigenvalue weighted by Crippen LogP contribution is 2.32. The summed E-state index contributed by atoms with van der Waals surface area (Å²) in [7, 11) is 1.46. The summed E-state index contributed by atoms with van der Waals surface area (Å²) in [5.74, 6) is 1.24. The molecule has 1 aromatic rings. The minimum Gasteiger partial charge on any atom is -0.489 e. The van der Waals surface area contributed by atoms with Crippen molar-refractivity contribution in [3.63, 3.8) is 0 Å². The molecule has 1 fully saturated rings. The van der Waals surface area contributed by atoms with Crippen LogP contribution < -0.4 is 10.1 Å². The monoisotopic (exact) mass is 437 g/mol. The third-order valence-electron chi connectivity index (χ3n) is 5.36. The molecule has 3 rings (SSSR count). The van der Waals surface area contributed by atoms with Crippen LogP contribution >= 0.6 is 11.6 Å². The first-order valence-electron chi connectivity index (χ1n) is 10.6. The number of rotatable bonds is 8. The molecule has 0 amide bonds. The number of hydrogen-bond donors (Lipinski definition) is 1. The molecule has 1 aromatic carbocycles. The van der Waals surface area contributed by atoms with E-state index in [0.717, 1.165) is 23.3 Å². The third-order valence-corrected chi connectivity index (χ3v) is 5.69. The van der Waals surface area contributed by atoms with Crippen molar-refractivity contribution in [1.82, 2.24) is 5.32 Å². The van der Waals surface area contributed by atoms with E-state index in [1.807, 2.05) is 18.2 Å². The van der Waals surface area contributed by atoms with Gasteiger partial charge in [-0.2, -0.15) is 0 Å². The largest absolute Gasteiger partial charge is 0.489 e. The molecule has 1 unspecified atom stereocenters. The molecule has 0 radical (unpaired) electrons. The highest BCUT2D eigenvalue weighted by Gasteiger charge is 2.25. The Kier molecular flexibility index (Phi) is 10.7. The van der Waals surface area contributed by atoms with Gasteiger partial charge in [-0.25, -0.2) is 0 Å². The van der Waals surface area contributed by atoms with Crippen molar-refractivity contribution < 1.29 is 23.8 Å². The normalized spacial score (nSPS) is 16.7. The van der Waals surface area contributed by atoms with Gasteiger partial charge in [0, 0.05) is 12.1 Å². The Morgan fingerprint density at radius 1 is 1.33 bits per heavy atom. The third kappa shape index (κ3) is 7.65. The van der Waals surface area contributed by atoms with Crippen LogP contribution in [0, 0.1) is 5.92 Å². The quantitative estimate of drug-likeness (QED) is 0.480. The molecule has 2 aliphatic rings. The first-order chi connectivity index (χ1) is 14.6. The van der Waals surface area contributed by atoms with E-state index in [4.69, 9.17) is 21.1 Å². The zero-order valence-electron chi connectivity index (χ0n) is 17.8. The number of halogens is 1. The summed E-state index contributed by atoms with van der Waals surface area (Å²) in [6.07, 6.45) is 9.19. The summed E-state index contributed by atoms with van der Waals surface area (Å²) in [6.45, 7) is 3.77. The number of benzene rings is 1. The summed E-state index contributed by atoms with van der Waals surface area (Å²) in [5.41, 5.74) is 1.99. The van der Waals surface area contributed by atoms with E-state index >= 15 is 0 Å². The summed E-state index contributed by atoms with van der Waals surface area (Å²) in [5, 5.41) is 4.05. The molecule has 0 saturated heterocycles. The van der Waals surface area contributed by atoms with Crippen LogP contribution in [-0.2, 0) is 19.1 Å². The molecule has 0 spiro atoms. The molecule has 1 aliphatic carbocycles. The van der Waals surface area contributed by atoms with Gasteiger partial charge in [-0.3, -0.25) is 9.59 Å². The van der Waals surface area contributed by atoms with Crippen LogP contribution in [0.2, 0.25) is 5.02 Å². The number of nitrogens with one attached hydrogen (secondary N) is 1. The molecule has 1 N–H and O–H groups in total. The molecule has 1 heterocycles. The first kappa shape index (κ1) is 24.2. The standard InChI is InChI=1S/C20H26ClNO3.C3H6O2/c1-24-20(23)18(11-14-6-3-2-4-7-14)22-12-15-10-16-17(21)8-5-9-19(16)25-13-15;1-2-5-3-4/h5,8-10,14,18,22H,2-4,6-7,11-13H2,1H3;3H,2H2,1H3. The number of esters is 1. The molecule has 30 heavy (non-hydrogen) atoms. The highest BCUT2D eigenvalue weighted by molar-refractivity contribution is 6.32. The van der Waals surface area contributed by atoms with Crippen molar-refractivity contribution in [2.75, 3.05) is 26.9 Å². The summed E-state index contributed by atoms with van der Waals surface area (Å²) in [4.78, 5) is 21.3. The van der Waals surface area contributed by atoms with E-state index < -0.39 is 0 Å². The lowest BCUT2D eigenvalue weighted by Crippen LogP contribution is -2.41. The maximum Gasteiger partial charge on any atom is 0.322 e. The van der Waals surface area contributed by atoms with Gasteiger partial charge in [-0.15, -0.1) is 0 Å². The van der Waals surface area contributed by atoms with Gasteiger partial charge in [0.05, 0.1) is 18.7 Å². The van der Waals surface area contributed by atoms with Gasteiger partial charge in [0.2, 0.25) is 0 Å². The number of fused-ring (bicyclic) bond motifs is 1. The molecule has 1 aliphatic heterocycles. The van der Waals surface area contributed by atoms with E-state index in [1.165, 1.54) is 39.2 Å². The van der Waals surface area contributed by atoms with Crippen LogP contribution in [0.4, 0.5) is 0 Å². The predicted molar refractivity (Wildman–Crippen MR) is 118 cm³/mol. The second-order valence-electron chi connectivity index (χ2n) is 7.49. The van der Waals surface area contributed by atoms with Gasteiger partial charge in [-0.1, -0.05) is 49.8 Å². The van der Waals surface area contributed by atoms with E-state index in [2.05, 4.69) is 16.1 Å². The Morgan fingerprint density at radius 3 is 2.73 bits per heavy atom. The number of methoxy groups -OCH3 is 1. The molecule has 166 valence electrons. The van der Waals surface area contributed by atoms with Gasteiger partial charge in [0.25, 0.3) is 6.47 Å². The van der Waals surface area contributed by atoms with Crippen molar-refractivity contribution in [2.24, 2.45) is 5.92 Å². The average molecular weight is 438 g/mol. The number of ether oxygens (including phenoxy) is 3.